The van der Waals surface area contributed by atoms with Crippen molar-refractivity contribution in [1.82, 2.24) is 9.97 Å². The van der Waals surface area contributed by atoms with Crippen LogP contribution in [0, 0.1) is 0 Å². The fraction of sp³-hybridized carbons (Fsp3) is 0.730. The average Bonchev–Trinajstić information content (AvgIpc) is 2.99. The highest BCUT2D eigenvalue weighted by molar-refractivity contribution is 5.55. The van der Waals surface area contributed by atoms with Crippen LogP contribution in [-0.4, -0.2) is 16.6 Å². The lowest BCUT2D eigenvalue weighted by Gasteiger charge is -2.07. The van der Waals surface area contributed by atoms with Crippen LogP contribution in [0.5, 0.6) is 5.75 Å². The summed E-state index contributed by atoms with van der Waals surface area (Å²) >= 11 is 0. The molecule has 0 aliphatic rings. The van der Waals surface area contributed by atoms with Gasteiger partial charge < -0.3 is 4.74 Å². The minimum Gasteiger partial charge on any atom is -0.490 e. The van der Waals surface area contributed by atoms with Gasteiger partial charge in [-0.15, -0.1) is 0 Å². The van der Waals surface area contributed by atoms with Crippen LogP contribution in [0.25, 0.3) is 11.4 Å². The molecule has 1 heterocycles. The van der Waals surface area contributed by atoms with Crippen LogP contribution in [0.3, 0.4) is 0 Å². The number of hydrogen-bond acceptors (Lipinski definition) is 3. The van der Waals surface area contributed by atoms with Gasteiger partial charge in [-0.1, -0.05) is 173 Å². The molecule has 0 unspecified atom stereocenters. The van der Waals surface area contributed by atoms with E-state index < -0.39 is 0 Å². The Morgan fingerprint density at radius 3 is 1.32 bits per heavy atom. The molecule has 1 aromatic heterocycles. The van der Waals surface area contributed by atoms with E-state index in [0.29, 0.717) is 0 Å². The normalized spacial score (nSPS) is 11.2. The summed E-state index contributed by atoms with van der Waals surface area (Å²) in [5, 5.41) is 0. The Hall–Kier alpha value is -1.90. The molecule has 2 aromatic rings. The molecular weight excluding hydrogens is 488 g/mol. The predicted octanol–water partition coefficient (Wildman–Crippen LogP) is 12.1. The Bertz CT molecular complexity index is 802. The highest BCUT2D eigenvalue weighted by atomic mass is 16.5. The number of benzene rings is 1. The highest BCUT2D eigenvalue weighted by Crippen LogP contribution is 2.19. The van der Waals surface area contributed by atoms with E-state index in [2.05, 4.69) is 48.1 Å². The summed E-state index contributed by atoms with van der Waals surface area (Å²) in [5.41, 5.74) is 2.50. The van der Waals surface area contributed by atoms with E-state index in [4.69, 9.17) is 4.74 Å². The Morgan fingerprint density at radius 2 is 0.875 bits per heavy atom. The molecule has 0 N–H and O–H groups in total. The maximum absolute atomic E-state index is 5.89. The second kappa shape index (κ2) is 24.9. The summed E-state index contributed by atoms with van der Waals surface area (Å²) in [7, 11) is 0. The van der Waals surface area contributed by atoms with Crippen molar-refractivity contribution >= 4 is 0 Å². The number of ether oxygens (including phenoxy) is 1. The maximum Gasteiger partial charge on any atom is 0.159 e. The molecule has 0 saturated carbocycles. The molecule has 0 fully saturated rings. The monoisotopic (exact) mass is 550 g/mol. The zero-order valence-corrected chi connectivity index (χ0v) is 26.4. The molecule has 0 radical (unpaired) electrons. The van der Waals surface area contributed by atoms with Crippen LogP contribution in [0.1, 0.15) is 167 Å². The number of unbranched alkanes of at least 4 members (excludes halogenated alkanes) is 21. The Balaban J connectivity index is 1.47. The van der Waals surface area contributed by atoms with Crippen molar-refractivity contribution in [3.8, 4) is 17.1 Å². The first-order chi connectivity index (χ1) is 19.8. The largest absolute Gasteiger partial charge is 0.490 e. The van der Waals surface area contributed by atoms with E-state index in [1.54, 1.807) is 0 Å². The zero-order chi connectivity index (χ0) is 28.4. The molecular formula is C37H62N2O. The van der Waals surface area contributed by atoms with E-state index in [1.807, 2.05) is 12.4 Å². The summed E-state index contributed by atoms with van der Waals surface area (Å²) in [6, 6.07) is 8.81. The molecule has 0 spiro atoms. The van der Waals surface area contributed by atoms with E-state index in [-0.39, 0.29) is 0 Å². The lowest BCUT2D eigenvalue weighted by molar-refractivity contribution is 0.302. The smallest absolute Gasteiger partial charge is 0.159 e. The van der Waals surface area contributed by atoms with Gasteiger partial charge in [0.1, 0.15) is 0 Å². The molecule has 0 atom stereocenters. The van der Waals surface area contributed by atoms with E-state index in [9.17, 15) is 0 Å². The molecule has 0 saturated heterocycles. The third-order valence-electron chi connectivity index (χ3n) is 8.18. The molecule has 1 aromatic carbocycles. The van der Waals surface area contributed by atoms with Gasteiger partial charge in [0.25, 0.3) is 0 Å². The summed E-state index contributed by atoms with van der Waals surface area (Å²) in [5.74, 6) is 1.55. The fourth-order valence-corrected chi connectivity index (χ4v) is 5.49. The molecule has 0 aliphatic carbocycles. The van der Waals surface area contributed by atoms with Gasteiger partial charge in [-0.2, -0.15) is 0 Å². The van der Waals surface area contributed by atoms with Crippen LogP contribution in [0.4, 0.5) is 0 Å². The van der Waals surface area contributed by atoms with Crippen molar-refractivity contribution in [2.45, 2.75) is 168 Å². The minimum atomic E-state index is 0.758. The fourth-order valence-electron chi connectivity index (χ4n) is 5.49. The van der Waals surface area contributed by atoms with Crippen LogP contribution in [0.15, 0.2) is 36.7 Å². The van der Waals surface area contributed by atoms with Gasteiger partial charge in [-0.3, -0.25) is 0 Å². The van der Waals surface area contributed by atoms with Crippen LogP contribution >= 0.6 is 0 Å². The number of hydrogen-bond donors (Lipinski definition) is 0. The van der Waals surface area contributed by atoms with Gasteiger partial charge in [0.15, 0.2) is 11.6 Å². The second-order valence-corrected chi connectivity index (χ2v) is 12.0. The van der Waals surface area contributed by atoms with Crippen LogP contribution in [0.2, 0.25) is 0 Å². The summed E-state index contributed by atoms with van der Waals surface area (Å²) < 4.78 is 5.89. The van der Waals surface area contributed by atoms with Crippen molar-refractivity contribution < 1.29 is 4.74 Å². The third kappa shape index (κ3) is 17.7. The van der Waals surface area contributed by atoms with Gasteiger partial charge in [-0.25, -0.2) is 9.97 Å². The van der Waals surface area contributed by atoms with Gasteiger partial charge in [0.2, 0.25) is 0 Å². The van der Waals surface area contributed by atoms with Crippen molar-refractivity contribution in [2.24, 2.45) is 0 Å². The van der Waals surface area contributed by atoms with Gasteiger partial charge in [0.05, 0.1) is 19.0 Å². The second-order valence-electron chi connectivity index (χ2n) is 12.0. The maximum atomic E-state index is 5.89. The predicted molar refractivity (Wildman–Crippen MR) is 174 cm³/mol. The topological polar surface area (TPSA) is 35.0 Å². The molecule has 0 aliphatic heterocycles. The minimum absolute atomic E-state index is 0.758. The lowest BCUT2D eigenvalue weighted by Crippen LogP contribution is -1.99. The molecule has 226 valence electrons. The molecule has 0 amide bonds. The Morgan fingerprint density at radius 1 is 0.475 bits per heavy atom. The molecule has 2 rings (SSSR count). The lowest BCUT2D eigenvalue weighted by atomic mass is 10.0. The quantitative estimate of drug-likeness (QED) is 0.104. The van der Waals surface area contributed by atoms with Gasteiger partial charge in [-0.05, 0) is 24.8 Å². The average molecular weight is 551 g/mol. The first-order valence-electron chi connectivity index (χ1n) is 17.4. The first-order valence-corrected chi connectivity index (χ1v) is 17.4. The van der Waals surface area contributed by atoms with Crippen LogP contribution < -0.4 is 4.74 Å². The first kappa shape index (κ1) is 34.3. The highest BCUT2D eigenvalue weighted by Gasteiger charge is 2.03. The third-order valence-corrected chi connectivity index (χ3v) is 8.18. The number of aromatic nitrogens is 2. The number of aryl methyl sites for hydroxylation is 1. The van der Waals surface area contributed by atoms with Gasteiger partial charge in [0, 0.05) is 5.56 Å². The van der Waals surface area contributed by atoms with Crippen LogP contribution in [-0.2, 0) is 6.42 Å². The number of rotatable bonds is 27. The van der Waals surface area contributed by atoms with E-state index in [0.717, 1.165) is 30.2 Å². The van der Waals surface area contributed by atoms with E-state index in [1.165, 1.54) is 153 Å². The summed E-state index contributed by atoms with van der Waals surface area (Å²) in [4.78, 5) is 9.11. The van der Waals surface area contributed by atoms with E-state index >= 15 is 0 Å². The Labute approximate surface area is 248 Å². The molecule has 40 heavy (non-hydrogen) atoms. The van der Waals surface area contributed by atoms with Crippen molar-refractivity contribution in [1.29, 1.82) is 0 Å². The molecule has 3 heteroatoms. The summed E-state index contributed by atoms with van der Waals surface area (Å²) in [6.07, 6.45) is 36.5. The standard InChI is InChI=1S/C37H62N2O/c1-3-5-7-9-11-13-15-17-19-21-23-25-31-40-36-32-38-37(39-33-36)35-29-27-34(28-30-35)26-24-22-20-18-16-14-12-10-8-6-4-2/h27-30,32-33H,3-26,31H2,1-2H3. The zero-order valence-electron chi connectivity index (χ0n) is 26.4. The van der Waals surface area contributed by atoms with Crippen molar-refractivity contribution in [3.05, 3.63) is 42.2 Å². The molecule has 0 bridgehead atoms. The summed E-state index contributed by atoms with van der Waals surface area (Å²) in [6.45, 7) is 5.33. The van der Waals surface area contributed by atoms with Gasteiger partial charge >= 0.3 is 0 Å². The van der Waals surface area contributed by atoms with Crippen molar-refractivity contribution in [2.75, 3.05) is 6.61 Å². The van der Waals surface area contributed by atoms with Crippen molar-refractivity contribution in [3.63, 3.8) is 0 Å². The number of nitrogens with zero attached hydrogens (tertiary/aromatic N) is 2. The molecule has 3 nitrogen and oxygen atoms in total. The SMILES string of the molecule is CCCCCCCCCCCCCCOc1cnc(-c2ccc(CCCCCCCCCCCCC)cc2)nc1. The Kier molecular flexibility index (Phi) is 21.3.